The number of rotatable bonds is 6. The van der Waals surface area contributed by atoms with Crippen molar-refractivity contribution in [3.05, 3.63) is 24.0 Å². The number of nitrogens with zero attached hydrogens (tertiary/aromatic N) is 3. The molecule has 8 heteroatoms. The first-order valence-corrected chi connectivity index (χ1v) is 8.72. The van der Waals surface area contributed by atoms with Crippen molar-refractivity contribution in [1.29, 1.82) is 0 Å². The quantitative estimate of drug-likeness (QED) is 0.779. The first kappa shape index (κ1) is 18.2. The van der Waals surface area contributed by atoms with Crippen LogP contribution in [0.15, 0.2) is 18.5 Å². The van der Waals surface area contributed by atoms with Gasteiger partial charge in [-0.05, 0) is 18.9 Å². The molecule has 1 amide bonds. The van der Waals surface area contributed by atoms with Crippen LogP contribution < -0.4 is 5.32 Å². The van der Waals surface area contributed by atoms with Crippen LogP contribution in [0.1, 0.15) is 23.2 Å². The normalized spacial score (nSPS) is 27.3. The average molecular weight is 350 g/mol. The molecule has 8 nitrogen and oxygen atoms in total. The second-order valence-electron chi connectivity index (χ2n) is 6.62. The zero-order chi connectivity index (χ0) is 17.5. The third-order valence-corrected chi connectivity index (χ3v) is 4.72. The van der Waals surface area contributed by atoms with Crippen molar-refractivity contribution in [2.75, 3.05) is 53.1 Å². The van der Waals surface area contributed by atoms with Gasteiger partial charge in [0.1, 0.15) is 5.60 Å². The summed E-state index contributed by atoms with van der Waals surface area (Å²) in [6.07, 6.45) is 4.82. The Morgan fingerprint density at radius 1 is 1.52 bits per heavy atom. The van der Waals surface area contributed by atoms with Gasteiger partial charge in [-0.1, -0.05) is 0 Å². The van der Waals surface area contributed by atoms with Crippen molar-refractivity contribution in [1.82, 2.24) is 20.4 Å². The lowest BCUT2D eigenvalue weighted by Crippen LogP contribution is -2.46. The Morgan fingerprint density at radius 2 is 2.44 bits per heavy atom. The number of hydrogen-bond donors (Lipinski definition) is 1. The number of carbonyl (C=O) groups excluding carboxylic acids is 1. The van der Waals surface area contributed by atoms with E-state index < -0.39 is 0 Å². The van der Waals surface area contributed by atoms with Gasteiger partial charge in [-0.25, -0.2) is 0 Å². The zero-order valence-corrected chi connectivity index (χ0v) is 14.6. The Labute approximate surface area is 147 Å². The van der Waals surface area contributed by atoms with Gasteiger partial charge in [-0.15, -0.1) is 0 Å². The van der Waals surface area contributed by atoms with Gasteiger partial charge in [-0.2, -0.15) is 10.2 Å². The van der Waals surface area contributed by atoms with Gasteiger partial charge in [0.25, 0.3) is 5.91 Å². The van der Waals surface area contributed by atoms with Crippen molar-refractivity contribution in [2.45, 2.75) is 24.5 Å². The van der Waals surface area contributed by atoms with Crippen LogP contribution in [0.2, 0.25) is 0 Å². The topological polar surface area (TPSA) is 85.8 Å². The molecule has 2 aliphatic heterocycles. The molecule has 1 spiro atoms. The van der Waals surface area contributed by atoms with E-state index in [0.29, 0.717) is 31.9 Å². The number of aromatic nitrogens is 2. The monoisotopic (exact) mass is 350 g/mol. The second kappa shape index (κ2) is 8.66. The first-order chi connectivity index (χ1) is 12.2. The number of methoxy groups -OCH3 is 1. The highest BCUT2D eigenvalue weighted by Gasteiger charge is 2.42. The molecular weight excluding hydrogens is 324 g/mol. The molecule has 2 aliphatic rings. The van der Waals surface area contributed by atoms with Gasteiger partial charge in [0.2, 0.25) is 0 Å². The van der Waals surface area contributed by atoms with Crippen LogP contribution >= 0.6 is 0 Å². The summed E-state index contributed by atoms with van der Waals surface area (Å²) in [4.78, 5) is 14.4. The molecule has 0 unspecified atom stereocenters. The lowest BCUT2D eigenvalue weighted by Gasteiger charge is -2.31. The summed E-state index contributed by atoms with van der Waals surface area (Å²) in [5.74, 6) is -0.154. The van der Waals surface area contributed by atoms with Crippen LogP contribution in [-0.2, 0) is 14.2 Å². The van der Waals surface area contributed by atoms with E-state index in [4.69, 9.17) is 14.2 Å². The van der Waals surface area contributed by atoms with E-state index >= 15 is 0 Å². The molecule has 1 aromatic rings. The molecule has 0 saturated carbocycles. The van der Waals surface area contributed by atoms with Crippen molar-refractivity contribution < 1.29 is 19.0 Å². The highest BCUT2D eigenvalue weighted by atomic mass is 16.6. The maximum Gasteiger partial charge on any atom is 0.253 e. The smallest absolute Gasteiger partial charge is 0.253 e. The van der Waals surface area contributed by atoms with E-state index in [2.05, 4.69) is 20.4 Å². The van der Waals surface area contributed by atoms with Crippen LogP contribution in [0.25, 0.3) is 0 Å². The summed E-state index contributed by atoms with van der Waals surface area (Å²) in [5, 5.41) is 10.3. The predicted octanol–water partition coefficient (Wildman–Crippen LogP) is 0.103. The molecule has 138 valence electrons. The Morgan fingerprint density at radius 3 is 3.24 bits per heavy atom. The third-order valence-electron chi connectivity index (χ3n) is 4.72. The third kappa shape index (κ3) is 4.94. The maximum absolute atomic E-state index is 12.1. The fourth-order valence-electron chi connectivity index (χ4n) is 3.39. The lowest BCUT2D eigenvalue weighted by atomic mass is 10.00. The van der Waals surface area contributed by atoms with Crippen LogP contribution in [0.3, 0.4) is 0 Å². The van der Waals surface area contributed by atoms with E-state index in [1.54, 1.807) is 13.2 Å². The van der Waals surface area contributed by atoms with Crippen molar-refractivity contribution in [3.8, 4) is 0 Å². The van der Waals surface area contributed by atoms with E-state index in [1.807, 2.05) is 0 Å². The molecule has 0 bridgehead atoms. The summed E-state index contributed by atoms with van der Waals surface area (Å²) in [6, 6.07) is 1.64. The SMILES string of the molecule is COCCN1CCOC[C@@]2(CC[C@@H](CNC(=O)c3ccnnc3)O2)C1. The van der Waals surface area contributed by atoms with Crippen molar-refractivity contribution >= 4 is 5.91 Å². The largest absolute Gasteiger partial charge is 0.383 e. The van der Waals surface area contributed by atoms with Gasteiger partial charge in [-0.3, -0.25) is 9.69 Å². The van der Waals surface area contributed by atoms with Gasteiger partial charge in [0.05, 0.1) is 43.9 Å². The van der Waals surface area contributed by atoms with Crippen LogP contribution in [0.4, 0.5) is 0 Å². The van der Waals surface area contributed by atoms with E-state index in [9.17, 15) is 4.79 Å². The van der Waals surface area contributed by atoms with Crippen LogP contribution in [0, 0.1) is 0 Å². The van der Waals surface area contributed by atoms with Crippen LogP contribution in [0.5, 0.6) is 0 Å². The molecule has 1 N–H and O–H groups in total. The van der Waals surface area contributed by atoms with E-state index in [0.717, 1.165) is 32.5 Å². The van der Waals surface area contributed by atoms with E-state index in [1.165, 1.54) is 12.4 Å². The fraction of sp³-hybridized carbons (Fsp3) is 0.706. The summed E-state index contributed by atoms with van der Waals surface area (Å²) in [5.41, 5.74) is 0.226. The average Bonchev–Trinajstić information content (AvgIpc) is 2.93. The summed E-state index contributed by atoms with van der Waals surface area (Å²) in [7, 11) is 1.72. The Hall–Kier alpha value is -1.61. The number of nitrogens with one attached hydrogen (secondary N) is 1. The number of ether oxygens (including phenoxy) is 3. The number of carbonyl (C=O) groups is 1. The molecular formula is C17H26N4O4. The van der Waals surface area contributed by atoms with Crippen molar-refractivity contribution in [3.63, 3.8) is 0 Å². The molecule has 3 rings (SSSR count). The lowest BCUT2D eigenvalue weighted by molar-refractivity contribution is -0.0851. The number of amides is 1. The highest BCUT2D eigenvalue weighted by Crippen LogP contribution is 2.32. The molecule has 0 aromatic carbocycles. The Bertz CT molecular complexity index is 559. The minimum atomic E-state index is -0.280. The molecule has 1 aromatic heterocycles. The summed E-state index contributed by atoms with van der Waals surface area (Å²) < 4.78 is 17.3. The maximum atomic E-state index is 12.1. The van der Waals surface area contributed by atoms with Gasteiger partial charge >= 0.3 is 0 Å². The van der Waals surface area contributed by atoms with Crippen molar-refractivity contribution in [2.24, 2.45) is 0 Å². The molecule has 3 heterocycles. The predicted molar refractivity (Wildman–Crippen MR) is 90.3 cm³/mol. The molecule has 25 heavy (non-hydrogen) atoms. The zero-order valence-electron chi connectivity index (χ0n) is 14.6. The minimum Gasteiger partial charge on any atom is -0.383 e. The summed E-state index contributed by atoms with van der Waals surface area (Å²) in [6.45, 7) is 5.12. The first-order valence-electron chi connectivity index (χ1n) is 8.72. The minimum absolute atomic E-state index is 0.00437. The Balaban J connectivity index is 1.50. The second-order valence-corrected chi connectivity index (χ2v) is 6.62. The van der Waals surface area contributed by atoms with Crippen LogP contribution in [-0.4, -0.2) is 85.8 Å². The number of hydrogen-bond acceptors (Lipinski definition) is 7. The molecule has 0 aliphatic carbocycles. The molecule has 2 saturated heterocycles. The van der Waals surface area contributed by atoms with Gasteiger partial charge in [0.15, 0.2) is 0 Å². The molecule has 0 radical (unpaired) electrons. The Kier molecular flexibility index (Phi) is 6.30. The standard InChI is InChI=1S/C17H26N4O4/c1-23-8-6-21-7-9-24-13-17(12-21)4-2-15(25-17)11-18-16(22)14-3-5-19-20-10-14/h3,5,10,15H,2,4,6-9,11-13H2,1H3,(H,18,22)/t15-,17+/m0/s1. The molecule has 2 fully saturated rings. The van der Waals surface area contributed by atoms with Gasteiger partial charge < -0.3 is 19.5 Å². The van der Waals surface area contributed by atoms with E-state index in [-0.39, 0.29) is 17.6 Å². The van der Waals surface area contributed by atoms with Gasteiger partial charge in [0, 0.05) is 33.3 Å². The highest BCUT2D eigenvalue weighted by molar-refractivity contribution is 5.93. The molecule has 2 atom stereocenters. The fourth-order valence-corrected chi connectivity index (χ4v) is 3.39. The summed E-state index contributed by atoms with van der Waals surface area (Å²) >= 11 is 0.